The second kappa shape index (κ2) is 14.4. The Balaban J connectivity index is 1.86. The summed E-state index contributed by atoms with van der Waals surface area (Å²) in [6.07, 6.45) is -2.55. The smallest absolute Gasteiger partial charge is 0.497 e. The number of aromatic nitrogens is 1. The van der Waals surface area contributed by atoms with Crippen LogP contribution in [0.3, 0.4) is 0 Å². The number of benzene rings is 2. The van der Waals surface area contributed by atoms with Crippen molar-refractivity contribution in [3.63, 3.8) is 0 Å². The largest absolute Gasteiger partial charge is 0.573 e. The molecule has 0 bridgehead atoms. The van der Waals surface area contributed by atoms with E-state index in [0.29, 0.717) is 53.6 Å². The molecule has 0 aliphatic rings. The first-order chi connectivity index (χ1) is 19.1. The fraction of sp³-hybridized carbons (Fsp3) is 0.370. The van der Waals surface area contributed by atoms with Gasteiger partial charge in [-0.15, -0.1) is 24.5 Å². The van der Waals surface area contributed by atoms with E-state index in [1.165, 1.54) is 49.8 Å². The number of rotatable bonds is 12. The van der Waals surface area contributed by atoms with Gasteiger partial charge in [0.05, 0.1) is 25.5 Å². The lowest BCUT2D eigenvalue weighted by molar-refractivity contribution is -0.274. The van der Waals surface area contributed by atoms with Gasteiger partial charge in [0, 0.05) is 31.1 Å². The molecule has 1 aromatic heterocycles. The SMILES string of the molecule is CCNC(=O)NCCCCCn1c(-c2ccc(OC(F)(F)F)cc2)csc1=NC(=O)c1ccc(OC)cc1OC. The van der Waals surface area contributed by atoms with Crippen LogP contribution in [-0.2, 0) is 6.54 Å². The molecular formula is C27H31F3N4O5S. The van der Waals surface area contributed by atoms with Gasteiger partial charge in [0.2, 0.25) is 0 Å². The van der Waals surface area contributed by atoms with Gasteiger partial charge in [-0.05, 0) is 68.1 Å². The van der Waals surface area contributed by atoms with Gasteiger partial charge in [-0.1, -0.05) is 0 Å². The molecule has 13 heteroatoms. The second-order valence-corrected chi connectivity index (χ2v) is 9.29. The summed E-state index contributed by atoms with van der Waals surface area (Å²) in [5, 5.41) is 7.25. The molecule has 0 atom stereocenters. The summed E-state index contributed by atoms with van der Waals surface area (Å²) in [5.74, 6) is 0.00354. The van der Waals surface area contributed by atoms with E-state index < -0.39 is 12.3 Å². The molecule has 2 aromatic carbocycles. The number of carbonyl (C=O) groups excluding carboxylic acids is 2. The summed E-state index contributed by atoms with van der Waals surface area (Å²) in [5.41, 5.74) is 1.59. The first-order valence-corrected chi connectivity index (χ1v) is 13.4. The van der Waals surface area contributed by atoms with Crippen molar-refractivity contribution < 1.29 is 37.0 Å². The fourth-order valence-corrected chi connectivity index (χ4v) is 4.74. The predicted molar refractivity (Wildman–Crippen MR) is 145 cm³/mol. The second-order valence-electron chi connectivity index (χ2n) is 8.46. The van der Waals surface area contributed by atoms with E-state index in [1.807, 2.05) is 11.5 Å². The number of thiazole rings is 1. The van der Waals surface area contributed by atoms with Crippen molar-refractivity contribution in [3.05, 3.63) is 58.2 Å². The molecule has 1 heterocycles. The minimum atomic E-state index is -4.79. The van der Waals surface area contributed by atoms with Crippen LogP contribution in [0.25, 0.3) is 11.3 Å². The number of methoxy groups -OCH3 is 2. The highest BCUT2D eigenvalue weighted by atomic mass is 32.1. The molecule has 3 amide bonds. The Labute approximate surface area is 233 Å². The number of unbranched alkanes of at least 4 members (excludes halogenated alkanes) is 2. The van der Waals surface area contributed by atoms with E-state index in [1.54, 1.807) is 23.6 Å². The van der Waals surface area contributed by atoms with Crippen molar-refractivity contribution in [2.75, 3.05) is 27.3 Å². The molecule has 0 fully saturated rings. The molecule has 2 N–H and O–H groups in total. The number of halogens is 3. The maximum absolute atomic E-state index is 13.1. The van der Waals surface area contributed by atoms with Crippen molar-refractivity contribution in [2.45, 2.75) is 39.1 Å². The van der Waals surface area contributed by atoms with Crippen LogP contribution in [0, 0.1) is 0 Å². The number of nitrogens with one attached hydrogen (secondary N) is 2. The van der Waals surface area contributed by atoms with Gasteiger partial charge in [-0.3, -0.25) is 4.79 Å². The summed E-state index contributed by atoms with van der Waals surface area (Å²) in [4.78, 5) is 29.5. The highest BCUT2D eigenvalue weighted by molar-refractivity contribution is 7.07. The molecule has 9 nitrogen and oxygen atoms in total. The van der Waals surface area contributed by atoms with Gasteiger partial charge < -0.3 is 29.4 Å². The van der Waals surface area contributed by atoms with Crippen LogP contribution in [0.4, 0.5) is 18.0 Å². The Kier molecular flexibility index (Phi) is 11.0. The van der Waals surface area contributed by atoms with Crippen LogP contribution in [-0.4, -0.2) is 50.2 Å². The standard InChI is InChI=1S/C27H31F3N4O5S/c1-4-31-25(36)32-14-6-5-7-15-34-22(18-8-10-19(11-9-18)39-27(28,29)30)17-40-26(34)33-24(35)21-13-12-20(37-2)16-23(21)38-3/h8-13,16-17H,4-7,14-15H2,1-3H3,(H2,31,32,36). The molecule has 0 radical (unpaired) electrons. The number of nitrogens with zero attached hydrogens (tertiary/aromatic N) is 2. The van der Waals surface area contributed by atoms with Crippen molar-refractivity contribution in [3.8, 4) is 28.5 Å². The monoisotopic (exact) mass is 580 g/mol. The van der Waals surface area contributed by atoms with E-state index in [9.17, 15) is 22.8 Å². The highest BCUT2D eigenvalue weighted by Gasteiger charge is 2.31. The van der Waals surface area contributed by atoms with Crippen LogP contribution in [0.5, 0.6) is 17.2 Å². The summed E-state index contributed by atoms with van der Waals surface area (Å²) in [6.45, 7) is 3.39. The van der Waals surface area contributed by atoms with E-state index in [2.05, 4.69) is 20.4 Å². The highest BCUT2D eigenvalue weighted by Crippen LogP contribution is 2.28. The fourth-order valence-electron chi connectivity index (χ4n) is 3.81. The number of hydrogen-bond donors (Lipinski definition) is 2. The number of carbonyl (C=O) groups is 2. The van der Waals surface area contributed by atoms with E-state index in [-0.39, 0.29) is 17.3 Å². The first-order valence-electron chi connectivity index (χ1n) is 12.5. The van der Waals surface area contributed by atoms with Crippen LogP contribution < -0.4 is 29.6 Å². The minimum Gasteiger partial charge on any atom is -0.497 e. The number of urea groups is 1. The summed E-state index contributed by atoms with van der Waals surface area (Å²) < 4.78 is 54.1. The molecule has 0 saturated heterocycles. The van der Waals surface area contributed by atoms with E-state index >= 15 is 0 Å². The van der Waals surface area contributed by atoms with E-state index in [0.717, 1.165) is 12.8 Å². The van der Waals surface area contributed by atoms with Gasteiger partial charge in [-0.25, -0.2) is 4.79 Å². The Morgan fingerprint density at radius 1 is 0.975 bits per heavy atom. The molecule has 0 aliphatic heterocycles. The minimum absolute atomic E-state index is 0.219. The summed E-state index contributed by atoms with van der Waals surface area (Å²) in [7, 11) is 2.95. The molecule has 0 aliphatic carbocycles. The average Bonchev–Trinajstić information content (AvgIpc) is 3.31. The van der Waals surface area contributed by atoms with Crippen molar-refractivity contribution in [2.24, 2.45) is 4.99 Å². The van der Waals surface area contributed by atoms with Crippen molar-refractivity contribution >= 4 is 23.3 Å². The topological polar surface area (TPSA) is 103 Å². The predicted octanol–water partition coefficient (Wildman–Crippen LogP) is 5.36. The quantitative estimate of drug-likeness (QED) is 0.281. The third-order valence-electron chi connectivity index (χ3n) is 5.70. The Bertz CT molecular complexity index is 1350. The normalized spacial score (nSPS) is 11.7. The van der Waals surface area contributed by atoms with Crippen molar-refractivity contribution in [1.82, 2.24) is 15.2 Å². The maximum Gasteiger partial charge on any atom is 0.573 e. The lowest BCUT2D eigenvalue weighted by Gasteiger charge is -2.12. The third kappa shape index (κ3) is 8.76. The molecule has 216 valence electrons. The number of amides is 3. The molecule has 3 rings (SSSR count). The number of alkyl halides is 3. The molecule has 40 heavy (non-hydrogen) atoms. The van der Waals surface area contributed by atoms with Gasteiger partial charge in [0.15, 0.2) is 4.80 Å². The molecule has 0 spiro atoms. The Hall–Kier alpha value is -4.00. The zero-order chi connectivity index (χ0) is 29.1. The van der Waals surface area contributed by atoms with Gasteiger partial charge >= 0.3 is 12.4 Å². The lowest BCUT2D eigenvalue weighted by atomic mass is 10.1. The van der Waals surface area contributed by atoms with Gasteiger partial charge in [-0.2, -0.15) is 4.99 Å². The van der Waals surface area contributed by atoms with Crippen LogP contribution in [0.1, 0.15) is 36.5 Å². The van der Waals surface area contributed by atoms with Crippen molar-refractivity contribution in [1.29, 1.82) is 0 Å². The molecular weight excluding hydrogens is 549 g/mol. The zero-order valence-electron chi connectivity index (χ0n) is 22.3. The Morgan fingerprint density at radius 2 is 1.70 bits per heavy atom. The lowest BCUT2D eigenvalue weighted by Crippen LogP contribution is -2.35. The van der Waals surface area contributed by atoms with Gasteiger partial charge in [0.1, 0.15) is 17.2 Å². The summed E-state index contributed by atoms with van der Waals surface area (Å²) in [6, 6.07) is 10.1. The number of ether oxygens (including phenoxy) is 3. The van der Waals surface area contributed by atoms with E-state index in [4.69, 9.17) is 9.47 Å². The van der Waals surface area contributed by atoms with Gasteiger partial charge in [0.25, 0.3) is 5.91 Å². The zero-order valence-corrected chi connectivity index (χ0v) is 23.2. The third-order valence-corrected chi connectivity index (χ3v) is 6.56. The van der Waals surface area contributed by atoms with Crippen LogP contribution >= 0.6 is 11.3 Å². The van der Waals surface area contributed by atoms with Crippen LogP contribution in [0.2, 0.25) is 0 Å². The Morgan fingerprint density at radius 3 is 2.35 bits per heavy atom. The first kappa shape index (κ1) is 30.5. The molecule has 0 saturated carbocycles. The molecule has 0 unspecified atom stereocenters. The van der Waals surface area contributed by atoms with Crippen LogP contribution in [0.15, 0.2) is 52.8 Å². The average molecular weight is 581 g/mol. The number of hydrogen-bond acceptors (Lipinski definition) is 6. The summed E-state index contributed by atoms with van der Waals surface area (Å²) >= 11 is 1.24. The molecule has 3 aromatic rings. The maximum atomic E-state index is 13.1.